The summed E-state index contributed by atoms with van der Waals surface area (Å²) >= 11 is 4.13. The summed E-state index contributed by atoms with van der Waals surface area (Å²) in [6.07, 6.45) is 8.13. The van der Waals surface area contributed by atoms with Crippen LogP contribution >= 0.6 is 12.6 Å². The number of fused-ring (bicyclic) bond motifs is 2. The molecular weight excluding hydrogens is 1490 g/mol. The summed E-state index contributed by atoms with van der Waals surface area (Å²) in [6.45, 7) is -4.33. The predicted molar refractivity (Wildman–Crippen MR) is 425 cm³/mol. The van der Waals surface area contributed by atoms with Gasteiger partial charge in [0.05, 0.1) is 50.7 Å². The summed E-state index contributed by atoms with van der Waals surface area (Å²) in [5.74, 6) is -5.13. The topological polar surface area (TPSA) is 416 Å². The van der Waals surface area contributed by atoms with E-state index in [1.807, 2.05) is 60.7 Å². The van der Waals surface area contributed by atoms with Crippen LogP contribution in [0.5, 0.6) is 23.0 Å². The number of primary sulfonamides is 1. The number of carboxylic acids is 1. The first-order valence-electron chi connectivity index (χ1n) is 38.7. The second-order valence-electron chi connectivity index (χ2n) is 28.4. The van der Waals surface area contributed by atoms with Crippen LogP contribution in [0, 0.1) is 0 Å². The highest BCUT2D eigenvalue weighted by molar-refractivity contribution is 7.89. The Labute approximate surface area is 666 Å². The number of unbranched alkanes of at least 4 members (excludes halogenated alkanes) is 3. The maximum Gasteiger partial charge on any atom is 0.326 e. The number of benzene rings is 5. The Hall–Kier alpha value is -9.90. The van der Waals surface area contributed by atoms with Crippen molar-refractivity contribution >= 4 is 81.8 Å². The van der Waals surface area contributed by atoms with Gasteiger partial charge in [-0.1, -0.05) is 104 Å². The number of carbonyl (C=O) groups is 10. The SMILES string of the molecule is NCCCCN(CC(=O)NC(CCS)C(=O)O)C(=O)CN(CCCCN)C(=O)CN(CCCCN)C(=O)CN(Cc1ccc2c(c1)OCO2)C(=O)CN(CCc1ccccc1)C(=O)CN(Cc1ccc2c(c1)OCO2)C(=O)CN(CCc1ccccc1)C(=O)CN(CCc1ccc(S(N)(=O)=O)cc1)C(=O)CNC1CCCCC1. The van der Waals surface area contributed by atoms with Gasteiger partial charge in [0.2, 0.25) is 76.8 Å². The summed E-state index contributed by atoms with van der Waals surface area (Å²) in [4.78, 5) is 157. The molecule has 0 aromatic heterocycles. The van der Waals surface area contributed by atoms with Gasteiger partial charge in [-0.05, 0) is 167 Å². The van der Waals surface area contributed by atoms with Gasteiger partial charge in [0.1, 0.15) is 19.1 Å². The van der Waals surface area contributed by atoms with Crippen molar-refractivity contribution in [1.82, 2.24) is 49.8 Å². The largest absolute Gasteiger partial charge is 0.480 e. The Kier molecular flexibility index (Phi) is 36.3. The predicted octanol–water partition coefficient (Wildman–Crippen LogP) is 2.88. The number of hydrogen-bond acceptors (Lipinski definition) is 21. The zero-order valence-corrected chi connectivity index (χ0v) is 66.0. The minimum Gasteiger partial charge on any atom is -0.480 e. The van der Waals surface area contributed by atoms with Crippen LogP contribution in [0.2, 0.25) is 0 Å². The molecule has 1 atom stereocenters. The molecule has 3 aliphatic rings. The fraction of sp³-hybridized carbons (Fsp3) is 0.500. The molecule has 2 aliphatic heterocycles. The molecule has 0 bridgehead atoms. The first-order chi connectivity index (χ1) is 54.5. The molecule has 1 aliphatic carbocycles. The molecule has 8 rings (SSSR count). The smallest absolute Gasteiger partial charge is 0.326 e. The number of ether oxygens (including phenoxy) is 4. The third kappa shape index (κ3) is 29.5. The minimum absolute atomic E-state index is 0.00540. The molecule has 0 spiro atoms. The van der Waals surface area contributed by atoms with E-state index >= 15 is 24.0 Å². The van der Waals surface area contributed by atoms with Crippen LogP contribution < -0.4 is 51.9 Å². The molecule has 113 heavy (non-hydrogen) atoms. The normalized spacial score (nSPS) is 13.1. The van der Waals surface area contributed by atoms with E-state index in [0.717, 1.165) is 43.2 Å². The van der Waals surface area contributed by atoms with Crippen LogP contribution in [0.1, 0.15) is 105 Å². The number of sulfonamides is 1. The van der Waals surface area contributed by atoms with Crippen LogP contribution in [0.4, 0.5) is 0 Å². The summed E-state index contributed by atoms with van der Waals surface area (Å²) in [6, 6.07) is 33.4. The number of carbonyl (C=O) groups excluding carboxylic acids is 9. The summed E-state index contributed by atoms with van der Waals surface area (Å²) in [5.41, 5.74) is 21.0. The quantitative estimate of drug-likeness (QED) is 0.0205. The highest BCUT2D eigenvalue weighted by Gasteiger charge is 2.34. The standard InChI is InChI=1S/C80H110N14O17S2/c81-34-10-13-37-87(49-71(95)86-66(33-43-112)80(104)105)73(97)50-88(38-14-11-35-82)74(98)51-89(39-15-12-36-83)76(100)55-93(47-62-24-28-67-69(44-62)110-57-108-67)79(103)54-92(42-31-60-18-6-2-7-19-60)77(101)56-94(48-63-25-29-68-70(45-63)111-58-109-68)78(102)53-91(41-30-59-16-4-1-5-17-59)75(99)52-90(72(96)46-85-64-20-8-3-9-21-64)40-32-61-22-26-65(27-23-61)113(84,106)107/h1-2,4-7,16-19,22-29,44-45,64,66,85,112H,3,8-15,20-21,30-43,46-58,81-83H2,(H,86,95)(H,104,105)(H2,84,106,107). The van der Waals surface area contributed by atoms with Crippen LogP contribution in [-0.4, -0.2) is 261 Å². The number of amides is 9. The zero-order chi connectivity index (χ0) is 81.1. The molecule has 614 valence electrons. The Balaban J connectivity index is 1.09. The van der Waals surface area contributed by atoms with E-state index in [1.54, 1.807) is 48.5 Å². The third-order valence-electron chi connectivity index (χ3n) is 19.9. The third-order valence-corrected chi connectivity index (χ3v) is 21.0. The molecule has 1 fully saturated rings. The highest BCUT2D eigenvalue weighted by Crippen LogP contribution is 2.34. The van der Waals surface area contributed by atoms with Crippen LogP contribution in [0.15, 0.2) is 126 Å². The Bertz CT molecular complexity index is 4070. The van der Waals surface area contributed by atoms with Crippen LogP contribution in [0.3, 0.4) is 0 Å². The van der Waals surface area contributed by atoms with Crippen molar-refractivity contribution in [2.75, 3.05) is 137 Å². The van der Waals surface area contributed by atoms with Crippen molar-refractivity contribution in [2.24, 2.45) is 22.3 Å². The molecule has 5 aromatic carbocycles. The van der Waals surface area contributed by atoms with E-state index in [0.29, 0.717) is 84.6 Å². The molecule has 11 N–H and O–H groups in total. The van der Waals surface area contributed by atoms with E-state index in [9.17, 15) is 37.5 Å². The molecule has 33 heteroatoms. The van der Waals surface area contributed by atoms with Gasteiger partial charge in [-0.3, -0.25) is 43.2 Å². The van der Waals surface area contributed by atoms with Crippen molar-refractivity contribution < 1.29 is 80.4 Å². The number of nitrogens with one attached hydrogen (secondary N) is 2. The lowest BCUT2D eigenvalue weighted by molar-refractivity contribution is -0.149. The molecule has 31 nitrogen and oxygen atoms in total. The molecule has 2 heterocycles. The van der Waals surface area contributed by atoms with Gasteiger partial charge in [0, 0.05) is 58.4 Å². The van der Waals surface area contributed by atoms with Gasteiger partial charge in [-0.25, -0.2) is 18.4 Å². The van der Waals surface area contributed by atoms with Crippen molar-refractivity contribution in [1.29, 1.82) is 0 Å². The van der Waals surface area contributed by atoms with Gasteiger partial charge in [0.15, 0.2) is 23.0 Å². The second-order valence-corrected chi connectivity index (χ2v) is 30.4. The number of carboxylic acid groups (broad SMARTS) is 1. The van der Waals surface area contributed by atoms with E-state index < -0.39 is 122 Å². The number of aliphatic carboxylic acids is 1. The summed E-state index contributed by atoms with van der Waals surface area (Å²) < 4.78 is 47.1. The Morgan fingerprint density at radius 1 is 0.434 bits per heavy atom. The number of hydrogen-bond donors (Lipinski definition) is 8. The van der Waals surface area contributed by atoms with Crippen molar-refractivity contribution in [3.63, 3.8) is 0 Å². The maximum absolute atomic E-state index is 15.7. The lowest BCUT2D eigenvalue weighted by Crippen LogP contribution is -2.53. The van der Waals surface area contributed by atoms with Gasteiger partial charge in [-0.15, -0.1) is 0 Å². The van der Waals surface area contributed by atoms with E-state index in [4.69, 9.17) is 41.3 Å². The fourth-order valence-corrected chi connectivity index (χ4v) is 14.1. The lowest BCUT2D eigenvalue weighted by Gasteiger charge is -2.33. The van der Waals surface area contributed by atoms with E-state index in [1.165, 1.54) is 51.3 Å². The number of rotatable bonds is 49. The van der Waals surface area contributed by atoms with E-state index in [-0.39, 0.29) is 134 Å². The summed E-state index contributed by atoms with van der Waals surface area (Å²) in [5, 5.41) is 21.0. The van der Waals surface area contributed by atoms with E-state index in [2.05, 4.69) is 23.3 Å². The van der Waals surface area contributed by atoms with Gasteiger partial charge < -0.3 is 91.1 Å². The maximum atomic E-state index is 15.7. The van der Waals surface area contributed by atoms with Gasteiger partial charge in [-0.2, -0.15) is 12.6 Å². The first-order valence-corrected chi connectivity index (χ1v) is 40.8. The first kappa shape index (κ1) is 88.7. The van der Waals surface area contributed by atoms with Gasteiger partial charge >= 0.3 is 5.97 Å². The molecule has 1 unspecified atom stereocenters. The zero-order valence-electron chi connectivity index (χ0n) is 64.3. The van der Waals surface area contributed by atoms with Gasteiger partial charge in [0.25, 0.3) is 0 Å². The minimum atomic E-state index is -4.00. The molecule has 5 aromatic rings. The average molecular weight is 1600 g/mol. The van der Waals surface area contributed by atoms with Crippen molar-refractivity contribution in [3.05, 3.63) is 149 Å². The van der Waals surface area contributed by atoms with Crippen molar-refractivity contribution in [2.45, 2.75) is 126 Å². The fourth-order valence-electron chi connectivity index (χ4n) is 13.3. The van der Waals surface area contributed by atoms with Crippen LogP contribution in [-0.2, 0) is 90.3 Å². The molecule has 0 saturated heterocycles. The molecule has 0 radical (unpaired) electrons. The monoisotopic (exact) mass is 1600 g/mol. The Morgan fingerprint density at radius 2 is 0.788 bits per heavy atom. The highest BCUT2D eigenvalue weighted by atomic mass is 32.2. The average Bonchev–Trinajstić information content (AvgIpc) is 1.81. The molecular formula is C80H110N14O17S2. The van der Waals surface area contributed by atoms with Crippen molar-refractivity contribution in [3.8, 4) is 23.0 Å². The number of nitrogens with two attached hydrogens (primary N) is 4. The molecule has 9 amide bonds. The number of thiol groups is 1. The lowest BCUT2D eigenvalue weighted by atomic mass is 9.95. The Morgan fingerprint density at radius 3 is 1.18 bits per heavy atom. The van der Waals surface area contributed by atoms with Crippen LogP contribution in [0.25, 0.3) is 0 Å². The number of nitrogens with zero attached hydrogens (tertiary/aromatic N) is 8. The summed E-state index contributed by atoms with van der Waals surface area (Å²) in [7, 11) is -4.00. The molecule has 1 saturated carbocycles. The second kappa shape index (κ2) is 46.3.